The molecule has 1 heterocycles. The maximum Gasteiger partial charge on any atom is 0.334 e. The number of carbonyl (C=O) groups excluding carboxylic acids is 1. The summed E-state index contributed by atoms with van der Waals surface area (Å²) in [6.07, 6.45) is 6.46. The summed E-state index contributed by atoms with van der Waals surface area (Å²) in [6.45, 7) is 3.56. The highest BCUT2D eigenvalue weighted by atomic mass is 16.7. The Labute approximate surface area is 161 Å². The molecular weight excluding hydrogens is 340 g/mol. The zero-order valence-corrected chi connectivity index (χ0v) is 16.0. The van der Waals surface area contributed by atoms with Crippen LogP contribution in [0.2, 0.25) is 0 Å². The number of ether oxygens (including phenoxy) is 3. The fourth-order valence-corrected chi connectivity index (χ4v) is 3.34. The fourth-order valence-electron chi connectivity index (χ4n) is 3.34. The van der Waals surface area contributed by atoms with Crippen molar-refractivity contribution in [2.45, 2.75) is 45.3 Å². The van der Waals surface area contributed by atoms with Crippen LogP contribution in [0.15, 0.2) is 48.0 Å². The number of fused-ring (bicyclic) bond motifs is 1. The molecular formula is C23H28O4. The highest BCUT2D eigenvalue weighted by Crippen LogP contribution is 2.23. The molecule has 1 saturated heterocycles. The van der Waals surface area contributed by atoms with Gasteiger partial charge in [-0.3, -0.25) is 0 Å². The molecule has 4 heteroatoms. The van der Waals surface area contributed by atoms with Gasteiger partial charge < -0.3 is 14.2 Å². The molecule has 1 unspecified atom stereocenters. The quantitative estimate of drug-likeness (QED) is 0.369. The minimum absolute atomic E-state index is 0.0909. The van der Waals surface area contributed by atoms with Gasteiger partial charge in [-0.2, -0.15) is 0 Å². The van der Waals surface area contributed by atoms with Gasteiger partial charge in [0, 0.05) is 12.2 Å². The molecule has 0 aromatic heterocycles. The highest BCUT2D eigenvalue weighted by Gasteiger charge is 2.15. The Morgan fingerprint density at radius 3 is 2.85 bits per heavy atom. The fraction of sp³-hybridized carbons (Fsp3) is 0.435. The predicted molar refractivity (Wildman–Crippen MR) is 107 cm³/mol. The SMILES string of the molecule is CCOC(=O)C(=Cc1cccc2ccccc12)CCCOC1CCCCO1. The third-order valence-corrected chi connectivity index (χ3v) is 4.72. The molecule has 1 aliphatic heterocycles. The first-order valence-corrected chi connectivity index (χ1v) is 9.86. The van der Waals surface area contributed by atoms with E-state index in [1.807, 2.05) is 37.3 Å². The summed E-state index contributed by atoms with van der Waals surface area (Å²) in [5, 5.41) is 2.29. The zero-order chi connectivity index (χ0) is 18.9. The van der Waals surface area contributed by atoms with Crippen molar-refractivity contribution in [3.05, 3.63) is 53.6 Å². The van der Waals surface area contributed by atoms with Crippen molar-refractivity contribution in [3.63, 3.8) is 0 Å². The number of esters is 1. The van der Waals surface area contributed by atoms with E-state index in [-0.39, 0.29) is 12.3 Å². The molecule has 144 valence electrons. The Morgan fingerprint density at radius 1 is 1.19 bits per heavy atom. The van der Waals surface area contributed by atoms with Crippen LogP contribution in [0.3, 0.4) is 0 Å². The van der Waals surface area contributed by atoms with Crippen LogP contribution in [0.25, 0.3) is 16.8 Å². The van der Waals surface area contributed by atoms with Crippen molar-refractivity contribution in [2.24, 2.45) is 0 Å². The Bertz CT molecular complexity index is 770. The lowest BCUT2D eigenvalue weighted by molar-refractivity contribution is -0.162. The highest BCUT2D eigenvalue weighted by molar-refractivity contribution is 5.98. The molecule has 1 atom stereocenters. The topological polar surface area (TPSA) is 44.8 Å². The molecule has 0 saturated carbocycles. The minimum atomic E-state index is -0.251. The lowest BCUT2D eigenvalue weighted by Crippen LogP contribution is -2.22. The molecule has 0 spiro atoms. The number of hydrogen-bond acceptors (Lipinski definition) is 4. The first-order valence-electron chi connectivity index (χ1n) is 9.86. The van der Waals surface area contributed by atoms with Gasteiger partial charge in [0.05, 0.1) is 13.2 Å². The number of hydrogen-bond donors (Lipinski definition) is 0. The Morgan fingerprint density at radius 2 is 2.04 bits per heavy atom. The van der Waals surface area contributed by atoms with Gasteiger partial charge in [-0.15, -0.1) is 0 Å². The number of rotatable bonds is 8. The van der Waals surface area contributed by atoms with Gasteiger partial charge in [0.25, 0.3) is 0 Å². The maximum atomic E-state index is 12.4. The summed E-state index contributed by atoms with van der Waals surface area (Å²) in [5.74, 6) is -0.251. The molecule has 2 aromatic rings. The Kier molecular flexibility index (Phi) is 7.43. The largest absolute Gasteiger partial charge is 0.463 e. The molecule has 4 nitrogen and oxygen atoms in total. The van der Waals surface area contributed by atoms with Gasteiger partial charge in [-0.1, -0.05) is 42.5 Å². The molecule has 0 bridgehead atoms. The lowest BCUT2D eigenvalue weighted by Gasteiger charge is -2.22. The van der Waals surface area contributed by atoms with Crippen molar-refractivity contribution in [3.8, 4) is 0 Å². The second-order valence-electron chi connectivity index (χ2n) is 6.73. The smallest absolute Gasteiger partial charge is 0.334 e. The number of benzene rings is 2. The van der Waals surface area contributed by atoms with Gasteiger partial charge in [-0.25, -0.2) is 4.79 Å². The lowest BCUT2D eigenvalue weighted by atomic mass is 10.0. The summed E-state index contributed by atoms with van der Waals surface area (Å²) in [7, 11) is 0. The third-order valence-electron chi connectivity index (χ3n) is 4.72. The Balaban J connectivity index is 1.68. The number of carbonyl (C=O) groups is 1. The van der Waals surface area contributed by atoms with Gasteiger partial charge >= 0.3 is 5.97 Å². The zero-order valence-electron chi connectivity index (χ0n) is 16.0. The van der Waals surface area contributed by atoms with Crippen LogP contribution in [-0.4, -0.2) is 32.1 Å². The summed E-state index contributed by atoms with van der Waals surface area (Å²) in [5.41, 5.74) is 1.72. The van der Waals surface area contributed by atoms with E-state index in [0.717, 1.165) is 48.6 Å². The van der Waals surface area contributed by atoms with Crippen LogP contribution in [0.4, 0.5) is 0 Å². The Hall–Kier alpha value is -2.17. The second-order valence-corrected chi connectivity index (χ2v) is 6.73. The van der Waals surface area contributed by atoms with Gasteiger partial charge in [0.1, 0.15) is 0 Å². The molecule has 1 fully saturated rings. The predicted octanol–water partition coefficient (Wildman–Crippen LogP) is 5.11. The van der Waals surface area contributed by atoms with Crippen molar-refractivity contribution in [1.82, 2.24) is 0 Å². The van der Waals surface area contributed by atoms with E-state index in [1.165, 1.54) is 0 Å². The summed E-state index contributed by atoms with van der Waals surface area (Å²) in [4.78, 5) is 12.4. The van der Waals surface area contributed by atoms with E-state index < -0.39 is 0 Å². The average molecular weight is 368 g/mol. The van der Waals surface area contributed by atoms with Crippen LogP contribution in [0.1, 0.15) is 44.6 Å². The molecule has 3 rings (SSSR count). The molecule has 0 aliphatic carbocycles. The van der Waals surface area contributed by atoms with Crippen molar-refractivity contribution < 1.29 is 19.0 Å². The van der Waals surface area contributed by atoms with Gasteiger partial charge in [0.2, 0.25) is 0 Å². The normalized spacial score (nSPS) is 17.8. The molecule has 2 aromatic carbocycles. The van der Waals surface area contributed by atoms with E-state index >= 15 is 0 Å². The molecule has 0 amide bonds. The van der Waals surface area contributed by atoms with Gasteiger partial charge in [-0.05, 0) is 61.4 Å². The van der Waals surface area contributed by atoms with Crippen LogP contribution in [0, 0.1) is 0 Å². The first kappa shape index (κ1) is 19.6. The van der Waals surface area contributed by atoms with Crippen LogP contribution in [0.5, 0.6) is 0 Å². The van der Waals surface area contributed by atoms with Crippen LogP contribution >= 0.6 is 0 Å². The van der Waals surface area contributed by atoms with E-state index in [2.05, 4.69) is 18.2 Å². The minimum Gasteiger partial charge on any atom is -0.463 e. The third kappa shape index (κ3) is 5.65. The van der Waals surface area contributed by atoms with E-state index in [4.69, 9.17) is 14.2 Å². The van der Waals surface area contributed by atoms with Crippen molar-refractivity contribution in [2.75, 3.05) is 19.8 Å². The monoisotopic (exact) mass is 368 g/mol. The molecule has 1 aliphatic rings. The van der Waals surface area contributed by atoms with Crippen LogP contribution in [-0.2, 0) is 19.0 Å². The molecule has 0 N–H and O–H groups in total. The average Bonchev–Trinajstić information content (AvgIpc) is 2.71. The van der Waals surface area contributed by atoms with Crippen molar-refractivity contribution in [1.29, 1.82) is 0 Å². The molecule has 27 heavy (non-hydrogen) atoms. The van der Waals surface area contributed by atoms with E-state index in [1.54, 1.807) is 0 Å². The van der Waals surface area contributed by atoms with Crippen LogP contribution < -0.4 is 0 Å². The maximum absolute atomic E-state index is 12.4. The van der Waals surface area contributed by atoms with Crippen molar-refractivity contribution >= 4 is 22.8 Å². The van der Waals surface area contributed by atoms with E-state index in [0.29, 0.717) is 25.2 Å². The molecule has 0 radical (unpaired) electrons. The summed E-state index contributed by atoms with van der Waals surface area (Å²) >= 11 is 0. The summed E-state index contributed by atoms with van der Waals surface area (Å²) < 4.78 is 16.6. The first-order chi connectivity index (χ1) is 13.3. The summed E-state index contributed by atoms with van der Waals surface area (Å²) in [6, 6.07) is 14.3. The van der Waals surface area contributed by atoms with Gasteiger partial charge in [0.15, 0.2) is 6.29 Å². The second kappa shape index (κ2) is 10.2. The standard InChI is InChI=1S/C23H28O4/c1-2-25-23(24)20(12-8-16-27-22-14-5-6-15-26-22)17-19-11-7-10-18-9-3-4-13-21(18)19/h3-4,7,9-11,13,17,22H,2,5-6,8,12,14-16H2,1H3. The van der Waals surface area contributed by atoms with E-state index in [9.17, 15) is 4.79 Å².